The Balaban J connectivity index is 3.47. The molecule has 0 atom stereocenters. The summed E-state index contributed by atoms with van der Waals surface area (Å²) in [4.78, 5) is 14.3. The molecule has 0 unspecified atom stereocenters. The van der Waals surface area contributed by atoms with Gasteiger partial charge in [0.2, 0.25) is 0 Å². The third-order valence-corrected chi connectivity index (χ3v) is 1.65. The van der Waals surface area contributed by atoms with E-state index in [1.54, 1.807) is 0 Å². The molecule has 1 aromatic heterocycles. The van der Waals surface area contributed by atoms with E-state index in [-0.39, 0.29) is 0 Å². The Morgan fingerprint density at radius 3 is 2.53 bits per heavy atom. The predicted octanol–water partition coefficient (Wildman–Crippen LogP) is 0.533. The lowest BCUT2D eigenvalue weighted by atomic mass is 10.1. The van der Waals surface area contributed by atoms with Crippen LogP contribution in [-0.2, 0) is 0 Å². The van der Waals surface area contributed by atoms with Crippen LogP contribution in [0.2, 0.25) is 0 Å². The monoisotopic (exact) mass is 246 g/mol. The van der Waals surface area contributed by atoms with E-state index in [0.717, 1.165) is 6.20 Å². The molecule has 0 spiro atoms. The molecule has 0 fully saturated rings. The minimum Gasteiger partial charge on any atom is -0.403 e. The number of nitrogens with two attached hydrogens (primary N) is 2. The number of alkyl halides is 3. The Morgan fingerprint density at radius 2 is 2.12 bits per heavy atom. The van der Waals surface area contributed by atoms with Crippen molar-refractivity contribution in [2.75, 3.05) is 5.73 Å². The van der Waals surface area contributed by atoms with Gasteiger partial charge in [0.1, 0.15) is 23.0 Å². The van der Waals surface area contributed by atoms with Crippen molar-refractivity contribution >= 4 is 11.7 Å². The SMILES string of the molecule is N#Cc1cnc(N)c(C(N)=O)c1OC(F)(F)F. The second kappa shape index (κ2) is 4.17. The standard InChI is InChI=1S/C8H5F3N4O2/c9-8(10,11)17-5-3(1-12)2-15-6(13)4(5)7(14)16/h2H,(H2,13,15)(H2,14,16). The Bertz CT molecular complexity index is 507. The number of amides is 1. The van der Waals surface area contributed by atoms with Gasteiger partial charge in [0.25, 0.3) is 5.91 Å². The fraction of sp³-hybridized carbons (Fsp3) is 0.125. The number of carbonyl (C=O) groups is 1. The summed E-state index contributed by atoms with van der Waals surface area (Å²) in [6.45, 7) is 0. The van der Waals surface area contributed by atoms with E-state index in [9.17, 15) is 18.0 Å². The lowest BCUT2D eigenvalue weighted by Gasteiger charge is -2.13. The van der Waals surface area contributed by atoms with E-state index < -0.39 is 35.0 Å². The molecule has 0 radical (unpaired) electrons. The van der Waals surface area contributed by atoms with E-state index in [4.69, 9.17) is 16.7 Å². The van der Waals surface area contributed by atoms with Crippen LogP contribution in [0.5, 0.6) is 5.75 Å². The van der Waals surface area contributed by atoms with Crippen molar-refractivity contribution in [3.8, 4) is 11.8 Å². The van der Waals surface area contributed by atoms with Crippen LogP contribution in [0.3, 0.4) is 0 Å². The lowest BCUT2D eigenvalue weighted by molar-refractivity contribution is -0.274. The molecule has 1 heterocycles. The number of hydrogen-bond donors (Lipinski definition) is 2. The van der Waals surface area contributed by atoms with E-state index in [1.807, 2.05) is 0 Å². The first kappa shape index (κ1) is 12.6. The Morgan fingerprint density at radius 1 is 1.53 bits per heavy atom. The highest BCUT2D eigenvalue weighted by atomic mass is 19.4. The first-order valence-electron chi connectivity index (χ1n) is 4.00. The van der Waals surface area contributed by atoms with Crippen LogP contribution < -0.4 is 16.2 Å². The van der Waals surface area contributed by atoms with Crippen LogP contribution in [0.15, 0.2) is 6.20 Å². The summed E-state index contributed by atoms with van der Waals surface area (Å²) in [6.07, 6.45) is -4.33. The Kier molecular flexibility index (Phi) is 3.08. The highest BCUT2D eigenvalue weighted by Crippen LogP contribution is 2.31. The number of nitrogen functional groups attached to an aromatic ring is 1. The summed E-state index contributed by atoms with van der Waals surface area (Å²) in [5.41, 5.74) is 8.67. The molecule has 1 rings (SSSR count). The fourth-order valence-electron chi connectivity index (χ4n) is 1.05. The van der Waals surface area contributed by atoms with Crippen LogP contribution in [0.25, 0.3) is 0 Å². The molecule has 0 aromatic carbocycles. The summed E-state index contributed by atoms with van der Waals surface area (Å²) < 4.78 is 39.8. The number of nitrogens with zero attached hydrogens (tertiary/aromatic N) is 2. The van der Waals surface area contributed by atoms with Crippen molar-refractivity contribution in [2.45, 2.75) is 6.36 Å². The molecule has 1 amide bonds. The van der Waals surface area contributed by atoms with E-state index in [0.29, 0.717) is 0 Å². The van der Waals surface area contributed by atoms with Crippen LogP contribution in [0.4, 0.5) is 19.0 Å². The number of primary amides is 1. The Labute approximate surface area is 92.6 Å². The number of halogens is 3. The molecule has 0 aliphatic rings. The van der Waals surface area contributed by atoms with Gasteiger partial charge in [0.15, 0.2) is 5.75 Å². The first-order valence-corrected chi connectivity index (χ1v) is 4.00. The number of hydrogen-bond acceptors (Lipinski definition) is 5. The highest BCUT2D eigenvalue weighted by molar-refractivity contribution is 6.00. The molecular formula is C8H5F3N4O2. The van der Waals surface area contributed by atoms with Crippen molar-refractivity contribution in [1.82, 2.24) is 4.98 Å². The zero-order valence-electron chi connectivity index (χ0n) is 8.08. The molecule has 1 aromatic rings. The number of aromatic nitrogens is 1. The molecule has 9 heteroatoms. The van der Waals surface area contributed by atoms with Gasteiger partial charge in [0, 0.05) is 0 Å². The van der Waals surface area contributed by atoms with Gasteiger partial charge >= 0.3 is 6.36 Å². The molecule has 0 saturated heterocycles. The van der Waals surface area contributed by atoms with Crippen LogP contribution >= 0.6 is 0 Å². The van der Waals surface area contributed by atoms with Crippen molar-refractivity contribution in [3.63, 3.8) is 0 Å². The van der Waals surface area contributed by atoms with Gasteiger partial charge in [-0.05, 0) is 0 Å². The highest BCUT2D eigenvalue weighted by Gasteiger charge is 2.35. The third-order valence-electron chi connectivity index (χ3n) is 1.65. The van der Waals surface area contributed by atoms with Crippen LogP contribution in [-0.4, -0.2) is 17.3 Å². The van der Waals surface area contributed by atoms with Crippen molar-refractivity contribution < 1.29 is 22.7 Å². The molecule has 4 N–H and O–H groups in total. The van der Waals surface area contributed by atoms with Crippen molar-refractivity contribution in [1.29, 1.82) is 5.26 Å². The maximum absolute atomic E-state index is 12.1. The second-order valence-electron chi connectivity index (χ2n) is 2.79. The minimum absolute atomic E-state index is 0.546. The van der Waals surface area contributed by atoms with Gasteiger partial charge in [-0.15, -0.1) is 13.2 Å². The number of ether oxygens (including phenoxy) is 1. The van der Waals surface area contributed by atoms with Crippen LogP contribution in [0, 0.1) is 11.3 Å². The van der Waals surface area contributed by atoms with Gasteiger partial charge in [0.05, 0.1) is 6.20 Å². The third kappa shape index (κ3) is 2.75. The smallest absolute Gasteiger partial charge is 0.403 e. The van der Waals surface area contributed by atoms with Crippen molar-refractivity contribution in [3.05, 3.63) is 17.3 Å². The normalized spacial score (nSPS) is 10.7. The van der Waals surface area contributed by atoms with Gasteiger partial charge in [-0.1, -0.05) is 0 Å². The van der Waals surface area contributed by atoms with Gasteiger partial charge in [-0.3, -0.25) is 4.79 Å². The number of pyridine rings is 1. The summed E-state index contributed by atoms with van der Waals surface area (Å²) in [6, 6.07) is 1.39. The van der Waals surface area contributed by atoms with Gasteiger partial charge < -0.3 is 16.2 Å². The molecule has 0 aliphatic heterocycles. The molecule has 6 nitrogen and oxygen atoms in total. The van der Waals surface area contributed by atoms with E-state index in [2.05, 4.69) is 9.72 Å². The summed E-state index contributed by atoms with van der Waals surface area (Å²) >= 11 is 0. The lowest BCUT2D eigenvalue weighted by Crippen LogP contribution is -2.23. The quantitative estimate of drug-likeness (QED) is 0.789. The average molecular weight is 246 g/mol. The Hall–Kier alpha value is -2.50. The van der Waals surface area contributed by atoms with E-state index in [1.165, 1.54) is 6.07 Å². The summed E-state index contributed by atoms with van der Waals surface area (Å²) in [5.74, 6) is -2.86. The average Bonchev–Trinajstić information content (AvgIpc) is 2.15. The zero-order chi connectivity index (χ0) is 13.2. The molecule has 90 valence electrons. The van der Waals surface area contributed by atoms with Gasteiger partial charge in [-0.25, -0.2) is 4.98 Å². The minimum atomic E-state index is -5.08. The van der Waals surface area contributed by atoms with Crippen LogP contribution in [0.1, 0.15) is 15.9 Å². The van der Waals surface area contributed by atoms with Gasteiger partial charge in [-0.2, -0.15) is 5.26 Å². The molecule has 0 bridgehead atoms. The summed E-state index contributed by atoms with van der Waals surface area (Å²) in [7, 11) is 0. The largest absolute Gasteiger partial charge is 0.573 e. The fourth-order valence-corrected chi connectivity index (χ4v) is 1.05. The number of nitriles is 1. The zero-order valence-corrected chi connectivity index (χ0v) is 8.08. The van der Waals surface area contributed by atoms with E-state index >= 15 is 0 Å². The molecular weight excluding hydrogens is 241 g/mol. The summed E-state index contributed by atoms with van der Waals surface area (Å²) in [5, 5.41) is 8.58. The van der Waals surface area contributed by atoms with Crippen molar-refractivity contribution in [2.24, 2.45) is 5.73 Å². The molecule has 17 heavy (non-hydrogen) atoms. The predicted molar refractivity (Wildman–Crippen MR) is 48.6 cm³/mol. The number of anilines is 1. The topological polar surface area (TPSA) is 115 Å². The maximum Gasteiger partial charge on any atom is 0.573 e. The maximum atomic E-state index is 12.1. The number of carbonyl (C=O) groups excluding carboxylic acids is 1. The second-order valence-corrected chi connectivity index (χ2v) is 2.79. The molecule has 0 aliphatic carbocycles. The molecule has 0 saturated carbocycles. The number of rotatable bonds is 2. The first-order chi connectivity index (χ1) is 7.76.